The number of hydrogen-bond acceptors (Lipinski definition) is 3. The maximum atomic E-state index is 11.3. The first-order valence-corrected chi connectivity index (χ1v) is 5.58. The predicted octanol–water partition coefficient (Wildman–Crippen LogP) is 2.06. The monoisotopic (exact) mass is 217 g/mol. The fourth-order valence-corrected chi connectivity index (χ4v) is 1.94. The molecule has 2 rings (SSSR count). The molecule has 1 aromatic rings. The number of esters is 1. The molecule has 0 spiro atoms. The van der Waals surface area contributed by atoms with Crippen molar-refractivity contribution in [2.45, 2.75) is 26.2 Å². The molecule has 0 N–H and O–H groups in total. The average molecular weight is 217 g/mol. The van der Waals surface area contributed by atoms with Crippen LogP contribution in [-0.4, -0.2) is 17.6 Å². The van der Waals surface area contributed by atoms with Crippen LogP contribution in [0.5, 0.6) is 0 Å². The number of rotatable bonds is 2. The third kappa shape index (κ3) is 2.48. The van der Waals surface area contributed by atoms with E-state index in [0.29, 0.717) is 6.61 Å². The predicted molar refractivity (Wildman–Crippen MR) is 61.0 cm³/mol. The summed E-state index contributed by atoms with van der Waals surface area (Å²) in [7, 11) is 0. The summed E-state index contributed by atoms with van der Waals surface area (Å²) >= 11 is 0. The lowest BCUT2D eigenvalue weighted by Gasteiger charge is -2.16. The second kappa shape index (κ2) is 4.92. The van der Waals surface area contributed by atoms with E-state index in [1.54, 1.807) is 6.08 Å². The third-order valence-electron chi connectivity index (χ3n) is 2.69. The minimum Gasteiger partial charge on any atom is -0.463 e. The Balaban J connectivity index is 2.10. The van der Waals surface area contributed by atoms with Crippen molar-refractivity contribution in [2.24, 2.45) is 0 Å². The van der Waals surface area contributed by atoms with Crippen molar-refractivity contribution < 1.29 is 9.53 Å². The smallest absolute Gasteiger partial charge is 0.330 e. The Morgan fingerprint density at radius 3 is 3.25 bits per heavy atom. The molecule has 0 fully saturated rings. The maximum Gasteiger partial charge on any atom is 0.330 e. The van der Waals surface area contributed by atoms with Gasteiger partial charge in [-0.25, -0.2) is 4.79 Å². The minimum atomic E-state index is -0.232. The van der Waals surface area contributed by atoms with Crippen LogP contribution in [0.25, 0.3) is 0 Å². The second-order valence-electron chi connectivity index (χ2n) is 3.84. The molecule has 3 nitrogen and oxygen atoms in total. The van der Waals surface area contributed by atoms with Crippen molar-refractivity contribution in [2.75, 3.05) is 6.61 Å². The highest BCUT2D eigenvalue weighted by atomic mass is 16.5. The highest BCUT2D eigenvalue weighted by Crippen LogP contribution is 2.22. The molecule has 0 radical (unpaired) electrons. The normalized spacial score (nSPS) is 16.9. The van der Waals surface area contributed by atoms with Gasteiger partial charge in [0.05, 0.1) is 6.61 Å². The van der Waals surface area contributed by atoms with E-state index < -0.39 is 0 Å². The molecule has 0 saturated carbocycles. The molecular formula is C13H15NO2. The fraction of sp³-hybridized carbons (Fsp3) is 0.385. The van der Waals surface area contributed by atoms with E-state index >= 15 is 0 Å². The van der Waals surface area contributed by atoms with E-state index in [1.165, 1.54) is 5.56 Å². The van der Waals surface area contributed by atoms with Gasteiger partial charge in [-0.05, 0) is 37.8 Å². The Hall–Kier alpha value is -1.64. The lowest BCUT2D eigenvalue weighted by atomic mass is 9.91. The summed E-state index contributed by atoms with van der Waals surface area (Å²) in [5, 5.41) is 0. The summed E-state index contributed by atoms with van der Waals surface area (Å²) in [4.78, 5) is 15.6. The molecule has 0 amide bonds. The van der Waals surface area contributed by atoms with Gasteiger partial charge in [0.2, 0.25) is 0 Å². The van der Waals surface area contributed by atoms with E-state index in [0.717, 1.165) is 30.5 Å². The van der Waals surface area contributed by atoms with Crippen LogP contribution in [0.15, 0.2) is 30.0 Å². The van der Waals surface area contributed by atoms with Gasteiger partial charge < -0.3 is 4.74 Å². The molecule has 0 unspecified atom stereocenters. The van der Waals surface area contributed by atoms with Gasteiger partial charge in [0.1, 0.15) is 0 Å². The van der Waals surface area contributed by atoms with Gasteiger partial charge in [-0.1, -0.05) is 11.6 Å². The van der Waals surface area contributed by atoms with Gasteiger partial charge in [0.25, 0.3) is 0 Å². The van der Waals surface area contributed by atoms with E-state index in [4.69, 9.17) is 4.74 Å². The van der Waals surface area contributed by atoms with Crippen LogP contribution in [0.2, 0.25) is 0 Å². The number of carbonyl (C=O) groups is 1. The van der Waals surface area contributed by atoms with E-state index in [9.17, 15) is 4.79 Å². The fourth-order valence-electron chi connectivity index (χ4n) is 1.94. The molecule has 1 heterocycles. The molecule has 1 aliphatic rings. The quantitative estimate of drug-likeness (QED) is 0.562. The van der Waals surface area contributed by atoms with Crippen LogP contribution in [0.4, 0.5) is 0 Å². The summed E-state index contributed by atoms with van der Waals surface area (Å²) in [5.74, 6) is -0.232. The van der Waals surface area contributed by atoms with Crippen molar-refractivity contribution in [3.05, 3.63) is 41.2 Å². The van der Waals surface area contributed by atoms with Crippen LogP contribution in [0.3, 0.4) is 0 Å². The standard InChI is InChI=1S/C13H15NO2/c1-2-16-13(15)9-10-5-6-12-11(8-10)4-3-7-14-12/h3-4,7,9H,2,5-6,8H2,1H3/b10-9+. The van der Waals surface area contributed by atoms with Gasteiger partial charge in [0.15, 0.2) is 0 Å². The zero-order chi connectivity index (χ0) is 11.4. The molecule has 0 aromatic carbocycles. The summed E-state index contributed by atoms with van der Waals surface area (Å²) < 4.78 is 4.90. The summed E-state index contributed by atoms with van der Waals surface area (Å²) in [6, 6.07) is 4.01. The number of aryl methyl sites for hydroxylation is 1. The molecule has 0 saturated heterocycles. The van der Waals surface area contributed by atoms with Gasteiger partial charge in [-0.2, -0.15) is 0 Å². The SMILES string of the molecule is CCOC(=O)/C=C1\CCc2ncccc2C1. The zero-order valence-electron chi connectivity index (χ0n) is 9.40. The number of aromatic nitrogens is 1. The van der Waals surface area contributed by atoms with Crippen LogP contribution in [0.1, 0.15) is 24.6 Å². The summed E-state index contributed by atoms with van der Waals surface area (Å²) in [6.45, 7) is 2.25. The highest BCUT2D eigenvalue weighted by Gasteiger charge is 2.14. The van der Waals surface area contributed by atoms with Gasteiger partial charge in [-0.3, -0.25) is 4.98 Å². The van der Waals surface area contributed by atoms with E-state index in [-0.39, 0.29) is 5.97 Å². The number of nitrogens with zero attached hydrogens (tertiary/aromatic N) is 1. The van der Waals surface area contributed by atoms with Crippen molar-refractivity contribution in [1.82, 2.24) is 4.98 Å². The Kier molecular flexibility index (Phi) is 3.34. The highest BCUT2D eigenvalue weighted by molar-refractivity contribution is 5.83. The maximum absolute atomic E-state index is 11.3. The number of hydrogen-bond donors (Lipinski definition) is 0. The molecule has 84 valence electrons. The van der Waals surface area contributed by atoms with E-state index in [2.05, 4.69) is 11.1 Å². The molecule has 1 aromatic heterocycles. The van der Waals surface area contributed by atoms with E-state index in [1.807, 2.05) is 19.2 Å². The number of pyridine rings is 1. The third-order valence-corrected chi connectivity index (χ3v) is 2.69. The Morgan fingerprint density at radius 1 is 1.56 bits per heavy atom. The zero-order valence-corrected chi connectivity index (χ0v) is 9.40. The lowest BCUT2D eigenvalue weighted by molar-refractivity contribution is -0.137. The van der Waals surface area contributed by atoms with Crippen LogP contribution in [-0.2, 0) is 22.4 Å². The Labute approximate surface area is 95.2 Å². The molecular weight excluding hydrogens is 202 g/mol. The summed E-state index contributed by atoms with van der Waals surface area (Å²) in [5.41, 5.74) is 3.52. The molecule has 0 bridgehead atoms. The van der Waals surface area contributed by atoms with Gasteiger partial charge in [-0.15, -0.1) is 0 Å². The topological polar surface area (TPSA) is 39.2 Å². The van der Waals surface area contributed by atoms with Crippen molar-refractivity contribution in [3.63, 3.8) is 0 Å². The first kappa shape index (κ1) is 10.9. The van der Waals surface area contributed by atoms with Crippen LogP contribution < -0.4 is 0 Å². The first-order chi connectivity index (χ1) is 7.79. The van der Waals surface area contributed by atoms with Crippen molar-refractivity contribution >= 4 is 5.97 Å². The van der Waals surface area contributed by atoms with Crippen LogP contribution in [0, 0.1) is 0 Å². The minimum absolute atomic E-state index is 0.232. The molecule has 0 aliphatic heterocycles. The molecule has 3 heteroatoms. The largest absolute Gasteiger partial charge is 0.463 e. The van der Waals surface area contributed by atoms with Crippen molar-refractivity contribution in [1.29, 1.82) is 0 Å². The van der Waals surface area contributed by atoms with Crippen molar-refractivity contribution in [3.8, 4) is 0 Å². The lowest BCUT2D eigenvalue weighted by Crippen LogP contribution is -2.10. The first-order valence-electron chi connectivity index (χ1n) is 5.58. The Bertz CT molecular complexity index is 424. The molecule has 16 heavy (non-hydrogen) atoms. The second-order valence-corrected chi connectivity index (χ2v) is 3.84. The molecule has 1 aliphatic carbocycles. The van der Waals surface area contributed by atoms with Gasteiger partial charge in [0, 0.05) is 18.0 Å². The number of ether oxygens (including phenoxy) is 1. The summed E-state index contributed by atoms with van der Waals surface area (Å²) in [6.07, 6.45) is 6.09. The van der Waals surface area contributed by atoms with Gasteiger partial charge >= 0.3 is 5.97 Å². The number of fused-ring (bicyclic) bond motifs is 1. The Morgan fingerprint density at radius 2 is 2.44 bits per heavy atom. The molecule has 0 atom stereocenters. The average Bonchev–Trinajstić information content (AvgIpc) is 2.29. The number of allylic oxidation sites excluding steroid dienone is 1. The van der Waals surface area contributed by atoms with Crippen LogP contribution >= 0.6 is 0 Å². The number of carbonyl (C=O) groups excluding carboxylic acids is 1.